The van der Waals surface area contributed by atoms with Crippen molar-refractivity contribution in [1.29, 1.82) is 0 Å². The van der Waals surface area contributed by atoms with Crippen molar-refractivity contribution < 1.29 is 14.6 Å². The molecular weight excluding hydrogens is 254 g/mol. The molecule has 4 heteroatoms. The summed E-state index contributed by atoms with van der Waals surface area (Å²) in [5.74, 6) is 0.734. The second-order valence-corrected chi connectivity index (χ2v) is 4.51. The summed E-state index contributed by atoms with van der Waals surface area (Å²) in [6, 6.07) is 14.1. The van der Waals surface area contributed by atoms with Crippen LogP contribution >= 0.6 is 0 Å². The summed E-state index contributed by atoms with van der Waals surface area (Å²) in [4.78, 5) is 11.7. The molecule has 4 nitrogen and oxygen atoms in total. The van der Waals surface area contributed by atoms with Gasteiger partial charge in [0.15, 0.2) is 0 Å². The molecule has 2 aromatic carbocycles. The Hall–Kier alpha value is -2.49. The Kier molecular flexibility index (Phi) is 4.60. The second kappa shape index (κ2) is 6.61. The van der Waals surface area contributed by atoms with Gasteiger partial charge in [-0.05, 0) is 36.8 Å². The van der Waals surface area contributed by atoms with E-state index in [4.69, 9.17) is 4.74 Å². The third-order valence-electron chi connectivity index (χ3n) is 2.72. The van der Waals surface area contributed by atoms with Gasteiger partial charge < -0.3 is 15.2 Å². The number of hydrogen-bond donors (Lipinski definition) is 2. The van der Waals surface area contributed by atoms with Crippen LogP contribution in [0.2, 0.25) is 0 Å². The molecule has 0 unspecified atom stereocenters. The van der Waals surface area contributed by atoms with Crippen LogP contribution in [0.25, 0.3) is 0 Å². The van der Waals surface area contributed by atoms with E-state index < -0.39 is 0 Å². The van der Waals surface area contributed by atoms with E-state index in [1.54, 1.807) is 18.2 Å². The molecule has 0 heterocycles. The predicted octanol–water partition coefficient (Wildman–Crippen LogP) is 3.11. The molecule has 0 atom stereocenters. The maximum absolute atomic E-state index is 11.7. The molecule has 104 valence electrons. The van der Waals surface area contributed by atoms with E-state index in [-0.39, 0.29) is 18.1 Å². The summed E-state index contributed by atoms with van der Waals surface area (Å²) >= 11 is 0. The number of aryl methyl sites for hydroxylation is 1. The van der Waals surface area contributed by atoms with Crippen LogP contribution in [-0.4, -0.2) is 17.6 Å². The maximum atomic E-state index is 11.7. The quantitative estimate of drug-likeness (QED) is 0.878. The van der Waals surface area contributed by atoms with E-state index in [1.165, 1.54) is 6.07 Å². The Morgan fingerprint density at radius 2 is 2.00 bits per heavy atom. The van der Waals surface area contributed by atoms with Crippen molar-refractivity contribution in [2.45, 2.75) is 13.3 Å². The molecule has 0 aliphatic carbocycles. The van der Waals surface area contributed by atoms with Crippen LogP contribution in [0.3, 0.4) is 0 Å². The van der Waals surface area contributed by atoms with Gasteiger partial charge in [-0.2, -0.15) is 0 Å². The van der Waals surface area contributed by atoms with Gasteiger partial charge in [-0.3, -0.25) is 4.79 Å². The normalized spacial score (nSPS) is 10.1. The lowest BCUT2D eigenvalue weighted by molar-refractivity contribution is -0.116. The van der Waals surface area contributed by atoms with E-state index in [0.29, 0.717) is 12.3 Å². The molecule has 0 saturated heterocycles. The average molecular weight is 271 g/mol. The van der Waals surface area contributed by atoms with E-state index in [9.17, 15) is 9.90 Å². The van der Waals surface area contributed by atoms with Crippen LogP contribution in [0.1, 0.15) is 12.0 Å². The number of benzene rings is 2. The van der Waals surface area contributed by atoms with Crippen molar-refractivity contribution in [2.75, 3.05) is 11.9 Å². The number of carbonyl (C=O) groups excluding carboxylic acids is 1. The van der Waals surface area contributed by atoms with Crippen molar-refractivity contribution >= 4 is 11.6 Å². The zero-order valence-electron chi connectivity index (χ0n) is 11.3. The first-order valence-electron chi connectivity index (χ1n) is 6.42. The van der Waals surface area contributed by atoms with Crippen molar-refractivity contribution in [1.82, 2.24) is 0 Å². The second-order valence-electron chi connectivity index (χ2n) is 4.51. The van der Waals surface area contributed by atoms with Crippen molar-refractivity contribution in [3.05, 3.63) is 54.1 Å². The molecule has 0 fully saturated rings. The number of aromatic hydroxyl groups is 1. The lowest BCUT2D eigenvalue weighted by Gasteiger charge is -2.08. The molecule has 1 amide bonds. The van der Waals surface area contributed by atoms with Gasteiger partial charge in [-0.25, -0.2) is 0 Å². The van der Waals surface area contributed by atoms with Crippen LogP contribution < -0.4 is 10.1 Å². The number of carbonyl (C=O) groups is 1. The van der Waals surface area contributed by atoms with E-state index >= 15 is 0 Å². The van der Waals surface area contributed by atoms with Crippen molar-refractivity contribution in [3.8, 4) is 11.5 Å². The Balaban J connectivity index is 1.78. The fourth-order valence-electron chi connectivity index (χ4n) is 1.77. The molecule has 0 aliphatic rings. The summed E-state index contributed by atoms with van der Waals surface area (Å²) in [7, 11) is 0. The Bertz CT molecular complexity index is 596. The summed E-state index contributed by atoms with van der Waals surface area (Å²) < 4.78 is 5.51. The molecule has 0 spiro atoms. The number of phenolic OH excluding ortho intramolecular Hbond substituents is 1. The molecule has 0 aliphatic heterocycles. The molecular formula is C16H17NO3. The average Bonchev–Trinajstić information content (AvgIpc) is 2.38. The van der Waals surface area contributed by atoms with Crippen LogP contribution in [0.15, 0.2) is 48.5 Å². The first-order valence-corrected chi connectivity index (χ1v) is 6.42. The fraction of sp³-hybridized carbons (Fsp3) is 0.188. The van der Waals surface area contributed by atoms with E-state index in [2.05, 4.69) is 5.32 Å². The predicted molar refractivity (Wildman–Crippen MR) is 78.0 cm³/mol. The standard InChI is InChI=1S/C16H17NO3/c1-12-4-2-7-15(10-12)20-9-8-16(19)17-13-5-3-6-14(18)11-13/h2-7,10-11,18H,8-9H2,1H3,(H,17,19). The zero-order chi connectivity index (χ0) is 14.4. The number of phenols is 1. The minimum atomic E-state index is -0.150. The molecule has 0 radical (unpaired) electrons. The lowest BCUT2D eigenvalue weighted by Crippen LogP contribution is -2.15. The summed E-state index contributed by atoms with van der Waals surface area (Å²) in [5, 5.41) is 12.0. The van der Waals surface area contributed by atoms with Gasteiger partial charge in [0, 0.05) is 11.8 Å². The van der Waals surface area contributed by atoms with Gasteiger partial charge in [0.05, 0.1) is 13.0 Å². The monoisotopic (exact) mass is 271 g/mol. The molecule has 0 bridgehead atoms. The fourth-order valence-corrected chi connectivity index (χ4v) is 1.77. The highest BCUT2D eigenvalue weighted by Gasteiger charge is 2.03. The molecule has 0 aromatic heterocycles. The smallest absolute Gasteiger partial charge is 0.227 e. The highest BCUT2D eigenvalue weighted by Crippen LogP contribution is 2.16. The number of rotatable bonds is 5. The minimum Gasteiger partial charge on any atom is -0.508 e. The Morgan fingerprint density at radius 1 is 1.20 bits per heavy atom. The molecule has 0 saturated carbocycles. The zero-order valence-corrected chi connectivity index (χ0v) is 11.3. The molecule has 2 aromatic rings. The first kappa shape index (κ1) is 13.9. The van der Waals surface area contributed by atoms with Gasteiger partial charge in [0.2, 0.25) is 5.91 Å². The van der Waals surface area contributed by atoms with E-state index in [0.717, 1.165) is 11.3 Å². The number of hydrogen-bond acceptors (Lipinski definition) is 3. The van der Waals surface area contributed by atoms with Gasteiger partial charge in [0.1, 0.15) is 11.5 Å². The van der Waals surface area contributed by atoms with Gasteiger partial charge in [-0.1, -0.05) is 18.2 Å². The van der Waals surface area contributed by atoms with Gasteiger partial charge >= 0.3 is 0 Å². The van der Waals surface area contributed by atoms with Crippen LogP contribution in [0.5, 0.6) is 11.5 Å². The van der Waals surface area contributed by atoms with Crippen LogP contribution in [0, 0.1) is 6.92 Å². The highest BCUT2D eigenvalue weighted by molar-refractivity contribution is 5.90. The number of amides is 1. The molecule has 20 heavy (non-hydrogen) atoms. The third kappa shape index (κ3) is 4.31. The number of nitrogens with one attached hydrogen (secondary N) is 1. The largest absolute Gasteiger partial charge is 0.508 e. The molecule has 2 rings (SSSR count). The summed E-state index contributed by atoms with van der Waals surface area (Å²) in [6.45, 7) is 2.30. The Morgan fingerprint density at radius 3 is 2.75 bits per heavy atom. The lowest BCUT2D eigenvalue weighted by atomic mass is 10.2. The van der Waals surface area contributed by atoms with Crippen molar-refractivity contribution in [3.63, 3.8) is 0 Å². The minimum absolute atomic E-state index is 0.124. The van der Waals surface area contributed by atoms with Crippen LogP contribution in [-0.2, 0) is 4.79 Å². The maximum Gasteiger partial charge on any atom is 0.227 e. The number of anilines is 1. The topological polar surface area (TPSA) is 58.6 Å². The van der Waals surface area contributed by atoms with E-state index in [1.807, 2.05) is 31.2 Å². The summed E-state index contributed by atoms with van der Waals surface area (Å²) in [6.07, 6.45) is 0.254. The molecule has 2 N–H and O–H groups in total. The van der Waals surface area contributed by atoms with Gasteiger partial charge in [0.25, 0.3) is 0 Å². The highest BCUT2D eigenvalue weighted by atomic mass is 16.5. The van der Waals surface area contributed by atoms with Crippen LogP contribution in [0.4, 0.5) is 5.69 Å². The van der Waals surface area contributed by atoms with Crippen molar-refractivity contribution in [2.24, 2.45) is 0 Å². The Labute approximate surface area is 118 Å². The first-order chi connectivity index (χ1) is 9.63. The summed E-state index contributed by atoms with van der Waals surface area (Å²) in [5.41, 5.74) is 1.69. The number of ether oxygens (including phenoxy) is 1. The SMILES string of the molecule is Cc1cccc(OCCC(=O)Nc2cccc(O)c2)c1. The third-order valence-corrected chi connectivity index (χ3v) is 2.72. The van der Waals surface area contributed by atoms with Gasteiger partial charge in [-0.15, -0.1) is 0 Å².